The van der Waals surface area contributed by atoms with Gasteiger partial charge in [0, 0.05) is 0 Å². The van der Waals surface area contributed by atoms with Crippen LogP contribution in [0.1, 0.15) is 36.9 Å². The third-order valence-electron chi connectivity index (χ3n) is 3.87. The Kier molecular flexibility index (Phi) is 6.82. The van der Waals surface area contributed by atoms with Crippen LogP contribution in [-0.2, 0) is 4.79 Å². The van der Waals surface area contributed by atoms with E-state index in [1.165, 1.54) is 0 Å². The van der Waals surface area contributed by atoms with Crippen LogP contribution in [-0.4, -0.2) is 19.1 Å². The van der Waals surface area contributed by atoms with Gasteiger partial charge >= 0.3 is 0 Å². The minimum absolute atomic E-state index is 0.141. The molecule has 0 saturated heterocycles. The quantitative estimate of drug-likeness (QED) is 0.755. The number of nitrogens with one attached hydrogen (secondary N) is 1. The molecule has 2 atom stereocenters. The fraction of sp³-hybridized carbons (Fsp3) is 0.316. The normalized spacial score (nSPS) is 13.2. The molecule has 2 unspecified atom stereocenters. The molecule has 0 aliphatic heterocycles. The van der Waals surface area contributed by atoms with Crippen molar-refractivity contribution in [2.45, 2.75) is 31.8 Å². The molecule has 0 aliphatic carbocycles. The highest BCUT2D eigenvalue weighted by Gasteiger charge is 2.21. The summed E-state index contributed by atoms with van der Waals surface area (Å²) in [5.41, 5.74) is 7.94. The average molecular weight is 391 g/mol. The molecule has 0 aromatic heterocycles. The third-order valence-corrected chi connectivity index (χ3v) is 4.48. The Balaban J connectivity index is 2.33. The molecule has 4 nitrogen and oxygen atoms in total. The molecule has 2 aromatic rings. The highest BCUT2D eigenvalue weighted by molar-refractivity contribution is 9.10. The van der Waals surface area contributed by atoms with Crippen LogP contribution in [0.2, 0.25) is 0 Å². The van der Waals surface area contributed by atoms with E-state index in [1.807, 2.05) is 55.5 Å². The summed E-state index contributed by atoms with van der Waals surface area (Å²) >= 11 is 3.51. The minimum atomic E-state index is -0.497. The summed E-state index contributed by atoms with van der Waals surface area (Å²) in [5, 5.41) is 3.07. The maximum atomic E-state index is 12.4. The van der Waals surface area contributed by atoms with Crippen LogP contribution >= 0.6 is 15.9 Å². The fourth-order valence-corrected chi connectivity index (χ4v) is 3.12. The van der Waals surface area contributed by atoms with E-state index in [1.54, 1.807) is 7.11 Å². The van der Waals surface area contributed by atoms with Gasteiger partial charge < -0.3 is 15.8 Å². The van der Waals surface area contributed by atoms with Gasteiger partial charge in [0.25, 0.3) is 0 Å². The SMILES string of the molecule is CCCC(N)C(=O)NC(c1ccccc1)c1ccc(OC)c(Br)c1. The summed E-state index contributed by atoms with van der Waals surface area (Å²) in [5.74, 6) is 0.609. The summed E-state index contributed by atoms with van der Waals surface area (Å²) in [6.45, 7) is 2.02. The molecule has 0 fully saturated rings. The van der Waals surface area contributed by atoms with Gasteiger partial charge in [-0.15, -0.1) is 0 Å². The summed E-state index contributed by atoms with van der Waals surface area (Å²) in [6, 6.07) is 14.9. The summed E-state index contributed by atoms with van der Waals surface area (Å²) < 4.78 is 6.13. The van der Waals surface area contributed by atoms with Gasteiger partial charge in [0.15, 0.2) is 0 Å². The molecule has 24 heavy (non-hydrogen) atoms. The molecule has 2 aromatic carbocycles. The first kappa shape index (κ1) is 18.5. The Bertz CT molecular complexity index is 676. The lowest BCUT2D eigenvalue weighted by Crippen LogP contribution is -2.42. The molecule has 0 radical (unpaired) electrons. The third kappa shape index (κ3) is 4.58. The van der Waals surface area contributed by atoms with E-state index in [0.717, 1.165) is 27.8 Å². The molecule has 0 bridgehead atoms. The Morgan fingerprint density at radius 1 is 1.21 bits per heavy atom. The molecule has 1 amide bonds. The van der Waals surface area contributed by atoms with Gasteiger partial charge in [-0.05, 0) is 45.6 Å². The van der Waals surface area contributed by atoms with Crippen LogP contribution in [0.15, 0.2) is 53.0 Å². The van der Waals surface area contributed by atoms with E-state index >= 15 is 0 Å². The number of ether oxygens (including phenoxy) is 1. The number of carbonyl (C=O) groups excluding carboxylic acids is 1. The van der Waals surface area contributed by atoms with Gasteiger partial charge in [-0.3, -0.25) is 4.79 Å². The second-order valence-corrected chi connectivity index (χ2v) is 6.50. The van der Waals surface area contributed by atoms with Gasteiger partial charge in [0.1, 0.15) is 5.75 Å². The predicted molar refractivity (Wildman–Crippen MR) is 100 cm³/mol. The van der Waals surface area contributed by atoms with Gasteiger partial charge in [-0.1, -0.05) is 49.7 Å². The number of hydrogen-bond acceptors (Lipinski definition) is 3. The van der Waals surface area contributed by atoms with Crippen molar-refractivity contribution >= 4 is 21.8 Å². The monoisotopic (exact) mass is 390 g/mol. The highest BCUT2D eigenvalue weighted by atomic mass is 79.9. The van der Waals surface area contributed by atoms with Crippen LogP contribution in [0.4, 0.5) is 0 Å². The van der Waals surface area contributed by atoms with Crippen LogP contribution in [0.5, 0.6) is 5.75 Å². The number of methoxy groups -OCH3 is 1. The van der Waals surface area contributed by atoms with Crippen molar-refractivity contribution in [3.05, 3.63) is 64.1 Å². The zero-order valence-corrected chi connectivity index (χ0v) is 15.5. The molecule has 2 rings (SSSR count). The van der Waals surface area contributed by atoms with E-state index in [-0.39, 0.29) is 11.9 Å². The Labute approximate surface area is 151 Å². The highest BCUT2D eigenvalue weighted by Crippen LogP contribution is 2.30. The molecular formula is C19H23BrN2O2. The number of rotatable bonds is 7. The predicted octanol–water partition coefficient (Wildman–Crippen LogP) is 3.79. The van der Waals surface area contributed by atoms with Crippen molar-refractivity contribution in [1.82, 2.24) is 5.32 Å². The second-order valence-electron chi connectivity index (χ2n) is 5.64. The van der Waals surface area contributed by atoms with Crippen molar-refractivity contribution in [2.75, 3.05) is 7.11 Å². The summed E-state index contributed by atoms with van der Waals surface area (Å²) in [7, 11) is 1.62. The lowest BCUT2D eigenvalue weighted by atomic mass is 9.98. The molecule has 0 aliphatic rings. The zero-order chi connectivity index (χ0) is 17.5. The van der Waals surface area contributed by atoms with E-state index in [4.69, 9.17) is 10.5 Å². The number of benzene rings is 2. The topological polar surface area (TPSA) is 64.4 Å². The maximum Gasteiger partial charge on any atom is 0.237 e. The molecule has 0 saturated carbocycles. The number of carbonyl (C=O) groups is 1. The number of amides is 1. The number of halogens is 1. The Hall–Kier alpha value is -1.85. The van der Waals surface area contributed by atoms with E-state index in [9.17, 15) is 4.79 Å². The fourth-order valence-electron chi connectivity index (χ4n) is 2.56. The van der Waals surface area contributed by atoms with Crippen LogP contribution in [0, 0.1) is 0 Å². The van der Waals surface area contributed by atoms with Crippen molar-refractivity contribution in [3.63, 3.8) is 0 Å². The molecule has 128 valence electrons. The molecule has 0 spiro atoms. The molecule has 5 heteroatoms. The van der Waals surface area contributed by atoms with Gasteiger partial charge in [0.2, 0.25) is 5.91 Å². The maximum absolute atomic E-state index is 12.4. The number of hydrogen-bond donors (Lipinski definition) is 2. The van der Waals surface area contributed by atoms with Gasteiger partial charge in [-0.2, -0.15) is 0 Å². The lowest BCUT2D eigenvalue weighted by molar-refractivity contribution is -0.123. The van der Waals surface area contributed by atoms with Crippen LogP contribution < -0.4 is 15.8 Å². The first-order chi connectivity index (χ1) is 11.6. The van der Waals surface area contributed by atoms with Gasteiger partial charge in [0.05, 0.1) is 23.7 Å². The average Bonchev–Trinajstić information content (AvgIpc) is 2.60. The van der Waals surface area contributed by atoms with E-state index in [2.05, 4.69) is 21.2 Å². The Morgan fingerprint density at radius 2 is 1.92 bits per heavy atom. The van der Waals surface area contributed by atoms with E-state index in [0.29, 0.717) is 6.42 Å². The van der Waals surface area contributed by atoms with E-state index < -0.39 is 6.04 Å². The van der Waals surface area contributed by atoms with Gasteiger partial charge in [-0.25, -0.2) is 0 Å². The Morgan fingerprint density at radius 3 is 2.50 bits per heavy atom. The minimum Gasteiger partial charge on any atom is -0.496 e. The largest absolute Gasteiger partial charge is 0.496 e. The second kappa shape index (κ2) is 8.85. The smallest absolute Gasteiger partial charge is 0.237 e. The first-order valence-electron chi connectivity index (χ1n) is 8.01. The van der Waals surface area contributed by atoms with Crippen LogP contribution in [0.3, 0.4) is 0 Å². The van der Waals surface area contributed by atoms with Crippen LogP contribution in [0.25, 0.3) is 0 Å². The number of nitrogens with two attached hydrogens (primary N) is 1. The van der Waals surface area contributed by atoms with Crippen molar-refractivity contribution in [2.24, 2.45) is 5.73 Å². The van der Waals surface area contributed by atoms with Crippen molar-refractivity contribution < 1.29 is 9.53 Å². The molecule has 0 heterocycles. The zero-order valence-electron chi connectivity index (χ0n) is 14.0. The standard InChI is InChI=1S/C19H23BrN2O2/c1-3-7-16(21)19(23)22-18(13-8-5-4-6-9-13)14-10-11-17(24-2)15(20)12-14/h4-6,8-12,16,18H,3,7,21H2,1-2H3,(H,22,23). The lowest BCUT2D eigenvalue weighted by Gasteiger charge is -2.22. The first-order valence-corrected chi connectivity index (χ1v) is 8.80. The molecule has 3 N–H and O–H groups in total. The van der Waals surface area contributed by atoms with Crippen molar-refractivity contribution in [3.8, 4) is 5.75 Å². The summed E-state index contributed by atoms with van der Waals surface area (Å²) in [6.07, 6.45) is 1.54. The molecular weight excluding hydrogens is 368 g/mol. The van der Waals surface area contributed by atoms with Crippen molar-refractivity contribution in [1.29, 1.82) is 0 Å². The summed E-state index contributed by atoms with van der Waals surface area (Å²) in [4.78, 5) is 12.4.